The van der Waals surface area contributed by atoms with Gasteiger partial charge in [-0.3, -0.25) is 4.79 Å². The number of nitrogens with zero attached hydrogens (tertiary/aromatic N) is 1. The van der Waals surface area contributed by atoms with E-state index in [4.69, 9.17) is 10.7 Å². The highest BCUT2D eigenvalue weighted by atomic mass is 32.2. The van der Waals surface area contributed by atoms with Crippen molar-refractivity contribution >= 4 is 60.7 Å². The second-order valence-electron chi connectivity index (χ2n) is 6.37. The second-order valence-corrected chi connectivity index (χ2v) is 9.36. The molecule has 1 aliphatic rings. The highest BCUT2D eigenvalue weighted by molar-refractivity contribution is 7.98. The van der Waals surface area contributed by atoms with Gasteiger partial charge in [0, 0.05) is 9.77 Å². The molecule has 0 bridgehead atoms. The molecule has 4 rings (SSSR count). The molecule has 0 radical (unpaired) electrons. The summed E-state index contributed by atoms with van der Waals surface area (Å²) in [6, 6.07) is 6.21. The number of para-hydroxylation sites is 1. The summed E-state index contributed by atoms with van der Waals surface area (Å²) in [6.45, 7) is 2.26. The predicted molar refractivity (Wildman–Crippen MR) is 109 cm³/mol. The van der Waals surface area contributed by atoms with Crippen LogP contribution in [0.2, 0.25) is 0 Å². The number of carbonyl (C=O) groups is 1. The molecule has 0 unspecified atom stereocenters. The molecule has 3 N–H and O–H groups in total. The maximum Gasteiger partial charge on any atom is 0.251 e. The van der Waals surface area contributed by atoms with Gasteiger partial charge in [-0.05, 0) is 49.1 Å². The number of benzene rings is 1. The fourth-order valence-electron chi connectivity index (χ4n) is 3.34. The van der Waals surface area contributed by atoms with Gasteiger partial charge < -0.3 is 11.1 Å². The Balaban J connectivity index is 1.75. The standard InChI is InChI=1S/C18H19N3OS3/c1-9-6-7-10-13(8-9)24-17(14(10)16(19)22)21-18-20-15-11(23-2)4-3-5-12(15)25-18/h3-5,9H,6-8H2,1-2H3,(H2,19,22)(H,20,21)/t9-/m0/s1. The van der Waals surface area contributed by atoms with E-state index in [0.717, 1.165) is 50.1 Å². The molecule has 2 aromatic heterocycles. The van der Waals surface area contributed by atoms with Crippen LogP contribution in [-0.2, 0) is 12.8 Å². The largest absolute Gasteiger partial charge is 0.365 e. The van der Waals surface area contributed by atoms with E-state index >= 15 is 0 Å². The number of amides is 1. The van der Waals surface area contributed by atoms with Gasteiger partial charge in [-0.2, -0.15) is 0 Å². The normalized spacial score (nSPS) is 16.8. The predicted octanol–water partition coefficient (Wildman–Crippen LogP) is 5.05. The minimum atomic E-state index is -0.347. The molecule has 25 heavy (non-hydrogen) atoms. The Labute approximate surface area is 158 Å². The van der Waals surface area contributed by atoms with Crippen LogP contribution in [-0.4, -0.2) is 17.1 Å². The maximum atomic E-state index is 12.1. The topological polar surface area (TPSA) is 68.0 Å². The van der Waals surface area contributed by atoms with Gasteiger partial charge in [-0.15, -0.1) is 23.1 Å². The van der Waals surface area contributed by atoms with Gasteiger partial charge in [0.25, 0.3) is 5.91 Å². The number of thioether (sulfide) groups is 1. The average molecular weight is 390 g/mol. The van der Waals surface area contributed by atoms with E-state index in [9.17, 15) is 4.79 Å². The van der Waals surface area contributed by atoms with Crippen molar-refractivity contribution in [1.82, 2.24) is 4.98 Å². The number of primary amides is 1. The van der Waals surface area contributed by atoms with Crippen LogP contribution in [0.4, 0.5) is 10.1 Å². The number of hydrogen-bond acceptors (Lipinski definition) is 6. The van der Waals surface area contributed by atoms with Crippen molar-refractivity contribution in [1.29, 1.82) is 0 Å². The van der Waals surface area contributed by atoms with E-state index in [0.29, 0.717) is 11.5 Å². The lowest BCUT2D eigenvalue weighted by Gasteiger charge is -2.18. The van der Waals surface area contributed by atoms with E-state index in [1.165, 1.54) is 4.88 Å². The molecule has 0 saturated carbocycles. The Hall–Kier alpha value is -1.57. The molecule has 1 aromatic carbocycles. The summed E-state index contributed by atoms with van der Waals surface area (Å²) in [6.07, 6.45) is 5.13. The van der Waals surface area contributed by atoms with Crippen molar-refractivity contribution in [3.05, 3.63) is 34.2 Å². The minimum absolute atomic E-state index is 0.347. The number of nitrogens with one attached hydrogen (secondary N) is 1. The number of nitrogens with two attached hydrogens (primary N) is 1. The van der Waals surface area contributed by atoms with Crippen LogP contribution in [0.25, 0.3) is 10.2 Å². The zero-order chi connectivity index (χ0) is 17.6. The van der Waals surface area contributed by atoms with Crippen molar-refractivity contribution in [2.24, 2.45) is 11.7 Å². The number of aromatic nitrogens is 1. The molecule has 0 saturated heterocycles. The second kappa shape index (κ2) is 6.63. The van der Waals surface area contributed by atoms with Crippen molar-refractivity contribution in [3.63, 3.8) is 0 Å². The van der Waals surface area contributed by atoms with Gasteiger partial charge in [0.15, 0.2) is 5.13 Å². The molecule has 4 nitrogen and oxygen atoms in total. The number of thiophene rings is 1. The van der Waals surface area contributed by atoms with Crippen molar-refractivity contribution < 1.29 is 4.79 Å². The first kappa shape index (κ1) is 16.9. The number of rotatable bonds is 4. The summed E-state index contributed by atoms with van der Waals surface area (Å²) in [4.78, 5) is 19.3. The average Bonchev–Trinajstić information content (AvgIpc) is 3.14. The first-order valence-electron chi connectivity index (χ1n) is 8.21. The first-order chi connectivity index (χ1) is 12.1. The third-order valence-corrected chi connectivity index (χ3v) is 7.46. The van der Waals surface area contributed by atoms with Crippen LogP contribution in [0, 0.1) is 5.92 Å². The molecule has 1 atom stereocenters. The third kappa shape index (κ3) is 3.05. The molecule has 0 spiro atoms. The van der Waals surface area contributed by atoms with Gasteiger partial charge >= 0.3 is 0 Å². The lowest BCUT2D eigenvalue weighted by Crippen LogP contribution is -2.17. The van der Waals surface area contributed by atoms with Crippen molar-refractivity contribution in [2.75, 3.05) is 11.6 Å². The molecular formula is C18H19N3OS3. The van der Waals surface area contributed by atoms with Gasteiger partial charge in [0.05, 0.1) is 15.8 Å². The molecule has 130 valence electrons. The molecule has 0 aliphatic heterocycles. The number of hydrogen-bond donors (Lipinski definition) is 2. The SMILES string of the molecule is CSc1cccc2sc(Nc3sc4c(c3C(N)=O)CC[C@H](C)C4)nc12. The Bertz CT molecular complexity index is 960. The molecule has 1 amide bonds. The molecule has 2 heterocycles. The van der Waals surface area contributed by atoms with Gasteiger partial charge in [0.2, 0.25) is 0 Å². The number of anilines is 2. The first-order valence-corrected chi connectivity index (χ1v) is 11.1. The highest BCUT2D eigenvalue weighted by Crippen LogP contribution is 2.42. The summed E-state index contributed by atoms with van der Waals surface area (Å²) >= 11 is 4.96. The lowest BCUT2D eigenvalue weighted by molar-refractivity contribution is 0.1000. The van der Waals surface area contributed by atoms with E-state index in [1.54, 1.807) is 34.4 Å². The van der Waals surface area contributed by atoms with Crippen LogP contribution in [0.1, 0.15) is 34.1 Å². The minimum Gasteiger partial charge on any atom is -0.365 e. The Kier molecular flexibility index (Phi) is 4.47. The summed E-state index contributed by atoms with van der Waals surface area (Å²) in [7, 11) is 0. The van der Waals surface area contributed by atoms with E-state index in [2.05, 4.69) is 36.7 Å². The monoisotopic (exact) mass is 389 g/mol. The quantitative estimate of drug-likeness (QED) is 0.613. The maximum absolute atomic E-state index is 12.1. The summed E-state index contributed by atoms with van der Waals surface area (Å²) in [5.41, 5.74) is 8.52. The number of fused-ring (bicyclic) bond motifs is 2. The van der Waals surface area contributed by atoms with Crippen LogP contribution < -0.4 is 11.1 Å². The molecule has 3 aromatic rings. The fourth-order valence-corrected chi connectivity index (χ4v) is 6.34. The number of carbonyl (C=O) groups excluding carboxylic acids is 1. The van der Waals surface area contributed by atoms with Gasteiger partial charge in [-0.1, -0.05) is 24.3 Å². The Morgan fingerprint density at radius 2 is 2.24 bits per heavy atom. The number of thiazole rings is 1. The summed E-state index contributed by atoms with van der Waals surface area (Å²) in [5, 5.41) is 5.04. The third-order valence-electron chi connectivity index (χ3n) is 4.58. The molecule has 1 aliphatic carbocycles. The fraction of sp³-hybridized carbons (Fsp3) is 0.333. The van der Waals surface area contributed by atoms with E-state index in [-0.39, 0.29) is 5.91 Å². The smallest absolute Gasteiger partial charge is 0.251 e. The van der Waals surface area contributed by atoms with Crippen LogP contribution in [0.5, 0.6) is 0 Å². The van der Waals surface area contributed by atoms with Crippen LogP contribution in [0.3, 0.4) is 0 Å². The van der Waals surface area contributed by atoms with Gasteiger partial charge in [0.1, 0.15) is 5.00 Å². The van der Waals surface area contributed by atoms with Crippen LogP contribution in [0.15, 0.2) is 23.1 Å². The van der Waals surface area contributed by atoms with E-state index in [1.807, 2.05) is 0 Å². The molecular weight excluding hydrogens is 370 g/mol. The van der Waals surface area contributed by atoms with E-state index < -0.39 is 0 Å². The Morgan fingerprint density at radius 3 is 3.00 bits per heavy atom. The summed E-state index contributed by atoms with van der Waals surface area (Å²) < 4.78 is 1.14. The van der Waals surface area contributed by atoms with Crippen molar-refractivity contribution in [3.8, 4) is 0 Å². The Morgan fingerprint density at radius 1 is 1.40 bits per heavy atom. The van der Waals surface area contributed by atoms with Crippen molar-refractivity contribution in [2.45, 2.75) is 31.1 Å². The summed E-state index contributed by atoms with van der Waals surface area (Å²) in [5.74, 6) is 0.312. The lowest BCUT2D eigenvalue weighted by atomic mass is 9.88. The molecule has 7 heteroatoms. The zero-order valence-corrected chi connectivity index (χ0v) is 16.5. The highest BCUT2D eigenvalue weighted by Gasteiger charge is 2.27. The zero-order valence-electron chi connectivity index (χ0n) is 14.1. The van der Waals surface area contributed by atoms with Crippen LogP contribution >= 0.6 is 34.4 Å². The van der Waals surface area contributed by atoms with Gasteiger partial charge in [-0.25, -0.2) is 4.98 Å². The molecule has 0 fully saturated rings.